The Morgan fingerprint density at radius 1 is 1.30 bits per heavy atom. The number of sulfonamides is 1. The molecule has 110 valence electrons. The number of hydrogen-bond donors (Lipinski definition) is 2. The van der Waals surface area contributed by atoms with Crippen molar-refractivity contribution in [2.75, 3.05) is 13.1 Å². The van der Waals surface area contributed by atoms with Crippen LogP contribution in [0.3, 0.4) is 0 Å². The van der Waals surface area contributed by atoms with Crippen LogP contribution in [0.2, 0.25) is 0 Å². The SMILES string of the molecule is C=CCNC(=O)CCNS(=O)(=O)c1ccc(F)c(F)c1. The van der Waals surface area contributed by atoms with Crippen molar-refractivity contribution in [1.29, 1.82) is 0 Å². The minimum Gasteiger partial charge on any atom is -0.353 e. The maximum atomic E-state index is 13.0. The van der Waals surface area contributed by atoms with Gasteiger partial charge in [-0.1, -0.05) is 6.08 Å². The second-order valence-electron chi connectivity index (χ2n) is 3.82. The summed E-state index contributed by atoms with van der Waals surface area (Å²) in [7, 11) is -3.97. The van der Waals surface area contributed by atoms with Gasteiger partial charge >= 0.3 is 0 Å². The molecule has 0 atom stereocenters. The van der Waals surface area contributed by atoms with Crippen molar-refractivity contribution in [3.05, 3.63) is 42.5 Å². The molecule has 0 saturated carbocycles. The fourth-order valence-corrected chi connectivity index (χ4v) is 2.34. The average molecular weight is 304 g/mol. The Morgan fingerprint density at radius 2 is 2.00 bits per heavy atom. The van der Waals surface area contributed by atoms with Crippen LogP contribution in [-0.4, -0.2) is 27.4 Å². The Morgan fingerprint density at radius 3 is 2.60 bits per heavy atom. The predicted molar refractivity (Wildman–Crippen MR) is 69.4 cm³/mol. The molecule has 1 aromatic rings. The Balaban J connectivity index is 2.59. The van der Waals surface area contributed by atoms with Crippen LogP contribution < -0.4 is 10.0 Å². The Labute approximate surface area is 115 Å². The maximum Gasteiger partial charge on any atom is 0.240 e. The fraction of sp³-hybridized carbons (Fsp3) is 0.250. The average Bonchev–Trinajstić information content (AvgIpc) is 2.39. The first-order valence-electron chi connectivity index (χ1n) is 5.69. The summed E-state index contributed by atoms with van der Waals surface area (Å²) in [5.74, 6) is -2.73. The van der Waals surface area contributed by atoms with E-state index in [9.17, 15) is 22.0 Å². The van der Waals surface area contributed by atoms with Crippen LogP contribution in [0, 0.1) is 11.6 Å². The number of carbonyl (C=O) groups excluding carboxylic acids is 1. The molecule has 0 aliphatic heterocycles. The zero-order valence-electron chi connectivity index (χ0n) is 10.5. The van der Waals surface area contributed by atoms with Gasteiger partial charge < -0.3 is 5.32 Å². The van der Waals surface area contributed by atoms with Crippen molar-refractivity contribution in [3.8, 4) is 0 Å². The molecule has 0 fully saturated rings. The molecular formula is C12H14F2N2O3S. The number of halogens is 2. The highest BCUT2D eigenvalue weighted by atomic mass is 32.2. The molecule has 0 aliphatic carbocycles. The smallest absolute Gasteiger partial charge is 0.240 e. The van der Waals surface area contributed by atoms with Gasteiger partial charge in [0.25, 0.3) is 0 Å². The van der Waals surface area contributed by atoms with Crippen molar-refractivity contribution in [1.82, 2.24) is 10.0 Å². The summed E-state index contributed by atoms with van der Waals surface area (Å²) < 4.78 is 51.3. The van der Waals surface area contributed by atoms with Crippen LogP contribution in [0.1, 0.15) is 6.42 Å². The molecule has 0 heterocycles. The monoisotopic (exact) mass is 304 g/mol. The van der Waals surface area contributed by atoms with Gasteiger partial charge in [-0.05, 0) is 18.2 Å². The van der Waals surface area contributed by atoms with E-state index in [4.69, 9.17) is 0 Å². The van der Waals surface area contributed by atoms with Gasteiger partial charge in [0.1, 0.15) is 0 Å². The molecule has 2 N–H and O–H groups in total. The van der Waals surface area contributed by atoms with Gasteiger partial charge in [-0.25, -0.2) is 21.9 Å². The molecule has 0 spiro atoms. The van der Waals surface area contributed by atoms with Crippen LogP contribution in [-0.2, 0) is 14.8 Å². The molecule has 1 amide bonds. The van der Waals surface area contributed by atoms with Crippen molar-refractivity contribution in [2.45, 2.75) is 11.3 Å². The third-order valence-electron chi connectivity index (χ3n) is 2.29. The number of carbonyl (C=O) groups is 1. The largest absolute Gasteiger partial charge is 0.353 e. The zero-order chi connectivity index (χ0) is 15.2. The lowest BCUT2D eigenvalue weighted by molar-refractivity contribution is -0.120. The molecule has 0 bridgehead atoms. The second-order valence-corrected chi connectivity index (χ2v) is 5.58. The van der Waals surface area contributed by atoms with Gasteiger partial charge in [0.2, 0.25) is 15.9 Å². The normalized spacial score (nSPS) is 11.1. The summed E-state index contributed by atoms with van der Waals surface area (Å²) in [6.07, 6.45) is 1.42. The first-order chi connectivity index (χ1) is 9.36. The van der Waals surface area contributed by atoms with E-state index in [1.54, 1.807) is 0 Å². The van der Waals surface area contributed by atoms with E-state index in [1.807, 2.05) is 0 Å². The molecule has 20 heavy (non-hydrogen) atoms. The lowest BCUT2D eigenvalue weighted by atomic mass is 10.3. The number of benzene rings is 1. The van der Waals surface area contributed by atoms with Gasteiger partial charge in [0.15, 0.2) is 11.6 Å². The van der Waals surface area contributed by atoms with Crippen LogP contribution in [0.15, 0.2) is 35.7 Å². The second kappa shape index (κ2) is 7.11. The highest BCUT2D eigenvalue weighted by Gasteiger charge is 2.16. The summed E-state index contributed by atoms with van der Waals surface area (Å²) in [6.45, 7) is 3.55. The molecule has 0 aromatic heterocycles. The summed E-state index contributed by atoms with van der Waals surface area (Å²) in [4.78, 5) is 10.8. The lowest BCUT2D eigenvalue weighted by Crippen LogP contribution is -2.30. The number of rotatable bonds is 7. The van der Waals surface area contributed by atoms with E-state index in [2.05, 4.69) is 16.6 Å². The molecule has 8 heteroatoms. The van der Waals surface area contributed by atoms with Crippen LogP contribution in [0.25, 0.3) is 0 Å². The predicted octanol–water partition coefficient (Wildman–Crippen LogP) is 0.935. The van der Waals surface area contributed by atoms with Crippen LogP contribution in [0.4, 0.5) is 8.78 Å². The maximum absolute atomic E-state index is 13.0. The minimum atomic E-state index is -3.97. The first kappa shape index (κ1) is 16.3. The summed E-state index contributed by atoms with van der Waals surface area (Å²) in [5, 5.41) is 2.47. The Kier molecular flexibility index (Phi) is 5.78. The summed E-state index contributed by atoms with van der Waals surface area (Å²) >= 11 is 0. The van der Waals surface area contributed by atoms with Crippen molar-refractivity contribution >= 4 is 15.9 Å². The van der Waals surface area contributed by atoms with E-state index < -0.39 is 26.6 Å². The van der Waals surface area contributed by atoms with Gasteiger partial charge in [-0.3, -0.25) is 4.79 Å². The molecule has 0 unspecified atom stereocenters. The van der Waals surface area contributed by atoms with E-state index in [0.717, 1.165) is 12.1 Å². The van der Waals surface area contributed by atoms with Gasteiger partial charge in [-0.2, -0.15) is 0 Å². The molecule has 0 saturated heterocycles. The Bertz CT molecular complexity index is 603. The standard InChI is InChI=1S/C12H14F2N2O3S/c1-2-6-15-12(17)5-7-16-20(18,19)9-3-4-10(13)11(14)8-9/h2-4,8,16H,1,5-7H2,(H,15,17). The van der Waals surface area contributed by atoms with E-state index >= 15 is 0 Å². The highest BCUT2D eigenvalue weighted by Crippen LogP contribution is 2.13. The molecule has 0 aliphatic rings. The van der Waals surface area contributed by atoms with Crippen molar-refractivity contribution in [3.63, 3.8) is 0 Å². The third kappa shape index (κ3) is 4.71. The third-order valence-corrected chi connectivity index (χ3v) is 3.75. The fourth-order valence-electron chi connectivity index (χ4n) is 1.30. The minimum absolute atomic E-state index is 0.0727. The molecular weight excluding hydrogens is 290 g/mol. The van der Waals surface area contributed by atoms with E-state index in [0.29, 0.717) is 6.07 Å². The first-order valence-corrected chi connectivity index (χ1v) is 7.17. The van der Waals surface area contributed by atoms with E-state index in [-0.39, 0.29) is 25.4 Å². The quantitative estimate of drug-likeness (QED) is 0.736. The summed E-state index contributed by atoms with van der Waals surface area (Å²) in [5.41, 5.74) is 0. The van der Waals surface area contributed by atoms with E-state index in [1.165, 1.54) is 6.08 Å². The molecule has 5 nitrogen and oxygen atoms in total. The van der Waals surface area contributed by atoms with Crippen LogP contribution in [0.5, 0.6) is 0 Å². The Hall–Kier alpha value is -1.80. The number of hydrogen-bond acceptors (Lipinski definition) is 3. The molecule has 0 radical (unpaired) electrons. The molecule has 1 rings (SSSR count). The van der Waals surface area contributed by atoms with Gasteiger partial charge in [0.05, 0.1) is 4.90 Å². The summed E-state index contributed by atoms with van der Waals surface area (Å²) in [6, 6.07) is 2.24. The van der Waals surface area contributed by atoms with Crippen molar-refractivity contribution in [2.24, 2.45) is 0 Å². The van der Waals surface area contributed by atoms with Crippen molar-refractivity contribution < 1.29 is 22.0 Å². The lowest BCUT2D eigenvalue weighted by Gasteiger charge is -2.07. The van der Waals surface area contributed by atoms with Gasteiger partial charge in [-0.15, -0.1) is 6.58 Å². The number of amides is 1. The van der Waals surface area contributed by atoms with Crippen LogP contribution >= 0.6 is 0 Å². The zero-order valence-corrected chi connectivity index (χ0v) is 11.3. The highest BCUT2D eigenvalue weighted by molar-refractivity contribution is 7.89. The molecule has 1 aromatic carbocycles. The number of nitrogens with one attached hydrogen (secondary N) is 2. The topological polar surface area (TPSA) is 75.3 Å². The van der Waals surface area contributed by atoms with Gasteiger partial charge in [0, 0.05) is 19.5 Å².